The van der Waals surface area contributed by atoms with Crippen molar-refractivity contribution >= 4 is 0 Å². The second-order valence-corrected chi connectivity index (χ2v) is 13.9. The second kappa shape index (κ2) is 17.9. The zero-order valence-electron chi connectivity index (χ0n) is 30.2. The molecule has 12 heteroatoms. The van der Waals surface area contributed by atoms with Crippen LogP contribution in [0.15, 0.2) is 109 Å². The van der Waals surface area contributed by atoms with E-state index >= 15 is 0 Å². The molecular weight excluding hydrogens is 696 g/mol. The lowest BCUT2D eigenvalue weighted by atomic mass is 9.99. The Morgan fingerprint density at radius 2 is 0.815 bits per heavy atom. The lowest BCUT2D eigenvalue weighted by Crippen LogP contribution is -2.58. The van der Waals surface area contributed by atoms with Gasteiger partial charge in [-0.3, -0.25) is 0 Å². The van der Waals surface area contributed by atoms with E-state index in [1.807, 2.05) is 123 Å². The van der Waals surface area contributed by atoms with Crippen molar-refractivity contribution < 1.29 is 58.3 Å². The molecule has 4 aliphatic heterocycles. The van der Waals surface area contributed by atoms with Gasteiger partial charge in [0.25, 0.3) is 0 Å². The average Bonchev–Trinajstić information content (AvgIpc) is 3.23. The summed E-state index contributed by atoms with van der Waals surface area (Å²) in [5.41, 5.74) is 5.74. The van der Waals surface area contributed by atoms with Crippen LogP contribution >= 0.6 is 0 Å². The molecule has 4 aromatic rings. The lowest BCUT2D eigenvalue weighted by molar-refractivity contribution is -0.373. The van der Waals surface area contributed by atoms with Crippen LogP contribution < -0.4 is 0 Å². The molecule has 4 aromatic carbocycles. The Labute approximate surface area is 314 Å². The summed E-state index contributed by atoms with van der Waals surface area (Å²) in [6, 6.07) is 34.8. The maximum absolute atomic E-state index is 10.4. The van der Waals surface area contributed by atoms with E-state index in [-0.39, 0.29) is 0 Å². The molecular formula is C42H48O12. The molecule has 0 aliphatic carbocycles. The molecule has 4 heterocycles. The van der Waals surface area contributed by atoms with Gasteiger partial charge in [-0.2, -0.15) is 0 Å². The standard InChI is InChI=1S/C22H26O6.C20H22O6/c1-13-3-7-15(8-4-13)21-25-12-18-20(28-21)19(17(24)11-23)27-22(26-18)16-9-5-14(2)6-10-16;21-11-15(22)17-18-16(24-20(25-17)14-9-5-2-6-10-14)12-23-19(26-18)13-7-3-1-4-8-13/h3-10,17-24H,11-12H2,1-2H3;1-10,15-22H,11-12H2. The van der Waals surface area contributed by atoms with Gasteiger partial charge in [0.2, 0.25) is 0 Å². The van der Waals surface area contributed by atoms with Crippen molar-refractivity contribution in [2.75, 3.05) is 26.4 Å². The Kier molecular flexibility index (Phi) is 12.8. The summed E-state index contributed by atoms with van der Waals surface area (Å²) in [7, 11) is 0. The quantitative estimate of drug-likeness (QED) is 0.201. The highest BCUT2D eigenvalue weighted by Gasteiger charge is 2.49. The molecule has 0 bridgehead atoms. The number of fused-ring (bicyclic) bond motifs is 2. The van der Waals surface area contributed by atoms with Crippen LogP contribution in [0.2, 0.25) is 0 Å². The predicted molar refractivity (Wildman–Crippen MR) is 194 cm³/mol. The maximum Gasteiger partial charge on any atom is 0.184 e. The van der Waals surface area contributed by atoms with Gasteiger partial charge in [0.15, 0.2) is 25.2 Å². The van der Waals surface area contributed by atoms with Crippen molar-refractivity contribution in [3.05, 3.63) is 143 Å². The molecule has 4 N–H and O–H groups in total. The molecule has 0 aromatic heterocycles. The van der Waals surface area contributed by atoms with Gasteiger partial charge in [-0.1, -0.05) is 120 Å². The molecule has 12 nitrogen and oxygen atoms in total. The van der Waals surface area contributed by atoms with Crippen molar-refractivity contribution in [3.63, 3.8) is 0 Å². The third-order valence-corrected chi connectivity index (χ3v) is 9.90. The van der Waals surface area contributed by atoms with Crippen molar-refractivity contribution in [2.45, 2.75) is 87.8 Å². The van der Waals surface area contributed by atoms with Crippen molar-refractivity contribution in [3.8, 4) is 0 Å². The summed E-state index contributed by atoms with van der Waals surface area (Å²) in [5.74, 6) is 0. The first kappa shape index (κ1) is 38.7. The minimum Gasteiger partial charge on any atom is -0.394 e. The van der Waals surface area contributed by atoms with Gasteiger partial charge in [-0.05, 0) is 13.8 Å². The number of aryl methyl sites for hydroxylation is 2. The number of ether oxygens (including phenoxy) is 8. The topological polar surface area (TPSA) is 155 Å². The Morgan fingerprint density at radius 3 is 1.20 bits per heavy atom. The van der Waals surface area contributed by atoms with Gasteiger partial charge in [0.05, 0.1) is 26.4 Å². The first-order valence-electron chi connectivity index (χ1n) is 18.3. The normalized spacial score (nSPS) is 31.9. The predicted octanol–water partition coefficient (Wildman–Crippen LogP) is 4.49. The fraction of sp³-hybridized carbons (Fsp3) is 0.429. The van der Waals surface area contributed by atoms with E-state index in [4.69, 9.17) is 37.9 Å². The van der Waals surface area contributed by atoms with Gasteiger partial charge < -0.3 is 58.3 Å². The van der Waals surface area contributed by atoms with E-state index in [1.54, 1.807) is 0 Å². The highest BCUT2D eigenvalue weighted by Crippen LogP contribution is 2.40. The van der Waals surface area contributed by atoms with Gasteiger partial charge >= 0.3 is 0 Å². The summed E-state index contributed by atoms with van der Waals surface area (Å²) < 4.78 is 48.0. The van der Waals surface area contributed by atoms with Crippen LogP contribution in [0.4, 0.5) is 0 Å². The minimum absolute atomic E-state index is 0.309. The zero-order chi connectivity index (χ0) is 37.6. The molecule has 4 aliphatic rings. The molecule has 0 spiro atoms. The molecule has 12 atom stereocenters. The Morgan fingerprint density at radius 1 is 0.463 bits per heavy atom. The van der Waals surface area contributed by atoms with E-state index < -0.39 is 87.2 Å². The van der Waals surface area contributed by atoms with Crippen molar-refractivity contribution in [1.82, 2.24) is 0 Å². The fourth-order valence-corrected chi connectivity index (χ4v) is 6.89. The smallest absolute Gasteiger partial charge is 0.184 e. The van der Waals surface area contributed by atoms with Crippen LogP contribution in [0.5, 0.6) is 0 Å². The lowest BCUT2D eigenvalue weighted by Gasteiger charge is -2.47. The van der Waals surface area contributed by atoms with Crippen LogP contribution in [0.3, 0.4) is 0 Å². The van der Waals surface area contributed by atoms with Gasteiger partial charge in [-0.25, -0.2) is 0 Å². The van der Waals surface area contributed by atoms with E-state index in [1.165, 1.54) is 0 Å². The van der Waals surface area contributed by atoms with Gasteiger partial charge in [0, 0.05) is 22.3 Å². The van der Waals surface area contributed by atoms with Crippen LogP contribution in [0.1, 0.15) is 58.5 Å². The first-order valence-corrected chi connectivity index (χ1v) is 18.3. The summed E-state index contributed by atoms with van der Waals surface area (Å²) in [6.07, 6.45) is -7.96. The summed E-state index contributed by atoms with van der Waals surface area (Å²) in [4.78, 5) is 0. The summed E-state index contributed by atoms with van der Waals surface area (Å²) in [6.45, 7) is 3.80. The number of aliphatic hydroxyl groups excluding tert-OH is 4. The SMILES string of the molecule is Cc1ccc(C2OC3COC(c4ccc(C)cc4)OC3C(C(O)CO)O2)cc1.OCC(O)C1OC(c2ccccc2)OC2COC(c3ccccc3)OC21. The molecule has 12 unspecified atom stereocenters. The summed E-state index contributed by atoms with van der Waals surface area (Å²) in [5, 5.41) is 39.6. The van der Waals surface area contributed by atoms with Gasteiger partial charge in [0.1, 0.15) is 48.8 Å². The van der Waals surface area contributed by atoms with Crippen LogP contribution in [-0.4, -0.2) is 95.7 Å². The van der Waals surface area contributed by atoms with E-state index in [0.29, 0.717) is 13.2 Å². The molecule has 0 saturated carbocycles. The Balaban J connectivity index is 0.000000167. The van der Waals surface area contributed by atoms with Crippen LogP contribution in [0.25, 0.3) is 0 Å². The highest BCUT2D eigenvalue weighted by atomic mass is 16.8. The van der Waals surface area contributed by atoms with Crippen LogP contribution in [0, 0.1) is 13.8 Å². The van der Waals surface area contributed by atoms with Crippen molar-refractivity contribution in [2.24, 2.45) is 0 Å². The Hall–Kier alpha value is -3.60. The molecule has 54 heavy (non-hydrogen) atoms. The first-order chi connectivity index (χ1) is 26.3. The number of hydrogen-bond acceptors (Lipinski definition) is 12. The minimum atomic E-state index is -1.08. The Bertz CT molecular complexity index is 1720. The maximum atomic E-state index is 10.4. The van der Waals surface area contributed by atoms with Gasteiger partial charge in [-0.15, -0.1) is 0 Å². The molecule has 4 saturated heterocycles. The fourth-order valence-electron chi connectivity index (χ4n) is 6.89. The third-order valence-electron chi connectivity index (χ3n) is 9.90. The van der Waals surface area contributed by atoms with Crippen LogP contribution in [-0.2, 0) is 37.9 Å². The molecule has 288 valence electrons. The highest BCUT2D eigenvalue weighted by molar-refractivity contribution is 5.24. The number of hydrogen-bond donors (Lipinski definition) is 4. The van der Waals surface area contributed by atoms with E-state index in [2.05, 4.69) is 0 Å². The van der Waals surface area contributed by atoms with E-state index in [9.17, 15) is 20.4 Å². The van der Waals surface area contributed by atoms with E-state index in [0.717, 1.165) is 33.4 Å². The molecule has 4 fully saturated rings. The largest absolute Gasteiger partial charge is 0.394 e. The molecule has 0 radical (unpaired) electrons. The number of benzene rings is 4. The average molecular weight is 745 g/mol. The molecule has 0 amide bonds. The monoisotopic (exact) mass is 744 g/mol. The third kappa shape index (κ3) is 8.92. The van der Waals surface area contributed by atoms with Crippen molar-refractivity contribution in [1.29, 1.82) is 0 Å². The second-order valence-electron chi connectivity index (χ2n) is 13.9. The number of aliphatic hydroxyl groups is 4. The number of rotatable bonds is 8. The zero-order valence-corrected chi connectivity index (χ0v) is 30.2. The summed E-state index contributed by atoms with van der Waals surface area (Å²) >= 11 is 0. The molecule has 8 rings (SSSR count).